The van der Waals surface area contributed by atoms with Gasteiger partial charge in [0.15, 0.2) is 0 Å². The summed E-state index contributed by atoms with van der Waals surface area (Å²) in [6.45, 7) is 0. The Kier molecular flexibility index (Phi) is 3.89. The highest BCUT2D eigenvalue weighted by atomic mass is 35.5. The van der Waals surface area contributed by atoms with Crippen LogP contribution >= 0.6 is 11.6 Å². The van der Waals surface area contributed by atoms with E-state index >= 15 is 0 Å². The number of anilines is 1. The molecule has 2 aromatic rings. The molecule has 1 fully saturated rings. The van der Waals surface area contributed by atoms with Gasteiger partial charge in [-0.05, 0) is 18.9 Å². The fourth-order valence-corrected chi connectivity index (χ4v) is 3.37. The minimum absolute atomic E-state index is 0.116. The zero-order chi connectivity index (χ0) is 15.0. The number of nitrogen functional groups attached to an aromatic ring is 1. The molecule has 1 aliphatic carbocycles. The Bertz CT molecular complexity index is 660. The highest BCUT2D eigenvalue weighted by Crippen LogP contribution is 2.41. The molecule has 21 heavy (non-hydrogen) atoms. The molecule has 1 saturated carbocycles. The molecule has 0 amide bonds. The molecule has 1 heterocycles. The van der Waals surface area contributed by atoms with Gasteiger partial charge in [0.05, 0.1) is 16.3 Å². The van der Waals surface area contributed by atoms with E-state index in [0.29, 0.717) is 22.9 Å². The quantitative estimate of drug-likeness (QED) is 0.887. The number of nitrogens with two attached hydrogens (primary N) is 1. The lowest BCUT2D eigenvalue weighted by Gasteiger charge is -2.21. The van der Waals surface area contributed by atoms with E-state index in [0.717, 1.165) is 18.5 Å². The summed E-state index contributed by atoms with van der Waals surface area (Å²) in [7, 11) is 1.80. The second-order valence-corrected chi connectivity index (χ2v) is 6.11. The Morgan fingerprint density at radius 3 is 2.71 bits per heavy atom. The van der Waals surface area contributed by atoms with Gasteiger partial charge >= 0.3 is 0 Å². The van der Waals surface area contributed by atoms with Gasteiger partial charge in [0.25, 0.3) is 0 Å². The van der Waals surface area contributed by atoms with Crippen LogP contribution in [0.4, 0.5) is 10.2 Å². The van der Waals surface area contributed by atoms with Gasteiger partial charge in [-0.15, -0.1) is 0 Å². The first kappa shape index (κ1) is 14.4. The van der Waals surface area contributed by atoms with Gasteiger partial charge in [0.2, 0.25) is 0 Å². The summed E-state index contributed by atoms with van der Waals surface area (Å²) in [5.74, 6) is 0.434. The number of hydrogen-bond donors (Lipinski definition) is 1. The largest absolute Gasteiger partial charge is 0.383 e. The van der Waals surface area contributed by atoms with Crippen LogP contribution in [-0.4, -0.2) is 9.78 Å². The normalized spacial score (nSPS) is 16.3. The lowest BCUT2D eigenvalue weighted by molar-refractivity contribution is 0.434. The third-order valence-electron chi connectivity index (χ3n) is 4.33. The van der Waals surface area contributed by atoms with Crippen molar-refractivity contribution >= 4 is 17.4 Å². The summed E-state index contributed by atoms with van der Waals surface area (Å²) in [6.07, 6.45) is 5.83. The maximum atomic E-state index is 14.4. The van der Waals surface area contributed by atoms with Crippen molar-refractivity contribution in [2.24, 2.45) is 7.05 Å². The molecule has 0 radical (unpaired) electrons. The molecule has 0 unspecified atom stereocenters. The van der Waals surface area contributed by atoms with Crippen LogP contribution in [0.5, 0.6) is 0 Å². The molecule has 0 saturated heterocycles. The second-order valence-electron chi connectivity index (χ2n) is 5.71. The van der Waals surface area contributed by atoms with Gasteiger partial charge in [0.1, 0.15) is 11.6 Å². The number of benzene rings is 1. The lowest BCUT2D eigenvalue weighted by Crippen LogP contribution is -2.07. The third-order valence-corrected chi connectivity index (χ3v) is 4.62. The van der Waals surface area contributed by atoms with Crippen LogP contribution in [-0.2, 0) is 7.05 Å². The van der Waals surface area contributed by atoms with E-state index in [4.69, 9.17) is 17.3 Å². The first-order valence-corrected chi connectivity index (χ1v) is 7.74. The maximum Gasteiger partial charge on any atom is 0.149 e. The van der Waals surface area contributed by atoms with Crippen LogP contribution in [0.2, 0.25) is 5.02 Å². The number of halogens is 2. The molecule has 1 aliphatic rings. The zero-order valence-corrected chi connectivity index (χ0v) is 12.8. The number of aryl methyl sites for hydroxylation is 1. The van der Waals surface area contributed by atoms with Crippen LogP contribution < -0.4 is 5.73 Å². The summed E-state index contributed by atoms with van der Waals surface area (Å²) in [5.41, 5.74) is 8.23. The minimum atomic E-state index is -0.420. The Morgan fingerprint density at radius 1 is 1.29 bits per heavy atom. The zero-order valence-electron chi connectivity index (χ0n) is 12.1. The highest BCUT2D eigenvalue weighted by Gasteiger charge is 2.26. The van der Waals surface area contributed by atoms with Crippen LogP contribution in [0.1, 0.15) is 43.7 Å². The van der Waals surface area contributed by atoms with Gasteiger partial charge in [-0.25, -0.2) is 4.39 Å². The monoisotopic (exact) mass is 307 g/mol. The van der Waals surface area contributed by atoms with Gasteiger partial charge in [-0.1, -0.05) is 43.0 Å². The molecule has 2 N–H and O–H groups in total. The minimum Gasteiger partial charge on any atom is -0.383 e. The molecule has 1 aromatic heterocycles. The van der Waals surface area contributed by atoms with Crippen LogP contribution in [0.25, 0.3) is 11.1 Å². The van der Waals surface area contributed by atoms with Gasteiger partial charge < -0.3 is 5.73 Å². The van der Waals surface area contributed by atoms with Crippen molar-refractivity contribution in [3.05, 3.63) is 34.7 Å². The fraction of sp³-hybridized carbons (Fsp3) is 0.438. The van der Waals surface area contributed by atoms with Crippen molar-refractivity contribution in [3.63, 3.8) is 0 Å². The highest BCUT2D eigenvalue weighted by molar-refractivity contribution is 6.31. The van der Waals surface area contributed by atoms with Crippen LogP contribution in [0.15, 0.2) is 18.2 Å². The third kappa shape index (κ3) is 2.53. The van der Waals surface area contributed by atoms with Crippen molar-refractivity contribution in [3.8, 4) is 11.1 Å². The summed E-state index contributed by atoms with van der Waals surface area (Å²) in [4.78, 5) is 0. The average molecular weight is 308 g/mol. The molecule has 3 nitrogen and oxygen atoms in total. The summed E-state index contributed by atoms with van der Waals surface area (Å²) < 4.78 is 16.0. The Labute approximate surface area is 128 Å². The summed E-state index contributed by atoms with van der Waals surface area (Å²) >= 11 is 5.92. The van der Waals surface area contributed by atoms with E-state index < -0.39 is 5.82 Å². The second kappa shape index (κ2) is 5.68. The first-order valence-electron chi connectivity index (χ1n) is 7.36. The Balaban J connectivity index is 2.14. The van der Waals surface area contributed by atoms with Crippen molar-refractivity contribution in [2.75, 3.05) is 5.73 Å². The predicted molar refractivity (Wildman–Crippen MR) is 83.9 cm³/mol. The molecular formula is C16H19ClFN3. The first-order chi connectivity index (χ1) is 10.1. The number of hydrogen-bond acceptors (Lipinski definition) is 2. The van der Waals surface area contributed by atoms with E-state index in [1.165, 1.54) is 19.3 Å². The molecule has 3 rings (SSSR count). The molecule has 0 aliphatic heterocycles. The molecule has 0 atom stereocenters. The number of aromatic nitrogens is 2. The number of nitrogens with zero attached hydrogens (tertiary/aromatic N) is 2. The van der Waals surface area contributed by atoms with Gasteiger partial charge in [0, 0.05) is 18.5 Å². The maximum absolute atomic E-state index is 14.4. The van der Waals surface area contributed by atoms with Gasteiger partial charge in [-0.3, -0.25) is 4.68 Å². The van der Waals surface area contributed by atoms with E-state index in [-0.39, 0.29) is 5.02 Å². The van der Waals surface area contributed by atoms with E-state index in [1.807, 2.05) is 0 Å². The molecule has 112 valence electrons. The molecule has 5 heteroatoms. The van der Waals surface area contributed by atoms with Crippen molar-refractivity contribution in [1.82, 2.24) is 9.78 Å². The molecule has 0 bridgehead atoms. The topological polar surface area (TPSA) is 43.8 Å². The van der Waals surface area contributed by atoms with Crippen LogP contribution in [0.3, 0.4) is 0 Å². The summed E-state index contributed by atoms with van der Waals surface area (Å²) in [5, 5.41) is 4.68. The molecular weight excluding hydrogens is 289 g/mol. The SMILES string of the molecule is Cn1nc(C2CCCCC2)c(-c2cccc(Cl)c2F)c1N. The fourth-order valence-electron chi connectivity index (χ4n) is 3.19. The van der Waals surface area contributed by atoms with Crippen molar-refractivity contribution in [1.29, 1.82) is 0 Å². The standard InChI is InChI=1S/C16H19ClFN3/c1-21-16(19)13(11-8-5-9-12(17)14(11)18)15(20-21)10-6-3-2-4-7-10/h5,8-10H,2-4,6-7,19H2,1H3. The summed E-state index contributed by atoms with van der Waals surface area (Å²) in [6, 6.07) is 5.02. The molecule has 0 spiro atoms. The van der Waals surface area contributed by atoms with E-state index in [1.54, 1.807) is 29.9 Å². The van der Waals surface area contributed by atoms with Crippen LogP contribution in [0, 0.1) is 5.82 Å². The van der Waals surface area contributed by atoms with Crippen molar-refractivity contribution in [2.45, 2.75) is 38.0 Å². The van der Waals surface area contributed by atoms with Gasteiger partial charge in [-0.2, -0.15) is 5.10 Å². The number of rotatable bonds is 2. The Hall–Kier alpha value is -1.55. The average Bonchev–Trinajstić information content (AvgIpc) is 2.79. The van der Waals surface area contributed by atoms with Crippen molar-refractivity contribution < 1.29 is 4.39 Å². The Morgan fingerprint density at radius 2 is 2.00 bits per heavy atom. The van der Waals surface area contributed by atoms with E-state index in [9.17, 15) is 4.39 Å². The van der Waals surface area contributed by atoms with E-state index in [2.05, 4.69) is 5.10 Å². The smallest absolute Gasteiger partial charge is 0.149 e. The predicted octanol–water partition coefficient (Wildman–Crippen LogP) is 4.51. The molecule has 1 aromatic carbocycles. The lowest BCUT2D eigenvalue weighted by atomic mass is 9.84.